The maximum atomic E-state index is 13.1. The fourth-order valence-electron chi connectivity index (χ4n) is 3.85. The summed E-state index contributed by atoms with van der Waals surface area (Å²) in [6, 6.07) is 15.3. The third kappa shape index (κ3) is 2.68. The van der Waals surface area contributed by atoms with Gasteiger partial charge in [0.25, 0.3) is 0 Å². The lowest BCUT2D eigenvalue weighted by atomic mass is 9.81. The summed E-state index contributed by atoms with van der Waals surface area (Å²) in [7, 11) is 0. The quantitative estimate of drug-likeness (QED) is 0.728. The lowest BCUT2D eigenvalue weighted by Crippen LogP contribution is -2.52. The Bertz CT molecular complexity index is 1040. The zero-order valence-electron chi connectivity index (χ0n) is 15.3. The maximum absolute atomic E-state index is 13.1. The summed E-state index contributed by atoms with van der Waals surface area (Å²) in [5, 5.41) is 14.1. The third-order valence-corrected chi connectivity index (χ3v) is 5.12. The van der Waals surface area contributed by atoms with Gasteiger partial charge < -0.3 is 10.8 Å². The van der Waals surface area contributed by atoms with Crippen LogP contribution in [-0.4, -0.2) is 39.4 Å². The minimum Gasteiger partial charge on any atom is -0.478 e. The molecule has 0 bridgehead atoms. The van der Waals surface area contributed by atoms with Crippen LogP contribution in [-0.2, 0) is 4.79 Å². The number of carbonyl (C=O) groups is 2. The van der Waals surface area contributed by atoms with Crippen LogP contribution in [0.1, 0.15) is 34.3 Å². The molecule has 1 aliphatic heterocycles. The standard InChI is InChI=1S/C21H20N4O3/c1-2-24-19-16(12-23-25(19)13-8-4-3-5-9-13)17(18(22)20(24)26)14-10-6-7-11-15(14)21(27)28/h3-12,17-18H,2,22H2,1H3,(H,27,28)/t17-,18+/m1/s1. The molecular weight excluding hydrogens is 356 g/mol. The number of anilines is 1. The second-order valence-corrected chi connectivity index (χ2v) is 6.65. The average molecular weight is 376 g/mol. The molecule has 1 amide bonds. The van der Waals surface area contributed by atoms with E-state index in [0.29, 0.717) is 17.9 Å². The number of likely N-dealkylation sites (N-methyl/N-ethyl adjacent to an activating group) is 1. The average Bonchev–Trinajstić information content (AvgIpc) is 3.14. The second kappa shape index (κ2) is 6.94. The highest BCUT2D eigenvalue weighted by molar-refractivity contribution is 6.01. The van der Waals surface area contributed by atoms with Crippen molar-refractivity contribution in [2.24, 2.45) is 5.73 Å². The van der Waals surface area contributed by atoms with E-state index in [9.17, 15) is 14.7 Å². The number of fused-ring (bicyclic) bond motifs is 1. The maximum Gasteiger partial charge on any atom is 0.335 e. The molecule has 0 unspecified atom stereocenters. The molecule has 1 aromatic heterocycles. The van der Waals surface area contributed by atoms with Crippen molar-refractivity contribution in [1.29, 1.82) is 0 Å². The van der Waals surface area contributed by atoms with Gasteiger partial charge in [0, 0.05) is 18.0 Å². The molecule has 7 nitrogen and oxygen atoms in total. The van der Waals surface area contributed by atoms with Gasteiger partial charge in [-0.05, 0) is 30.7 Å². The molecular formula is C21H20N4O3. The highest BCUT2D eigenvalue weighted by Gasteiger charge is 2.42. The van der Waals surface area contributed by atoms with Crippen LogP contribution in [0.15, 0.2) is 60.8 Å². The number of amides is 1. The first-order valence-corrected chi connectivity index (χ1v) is 9.07. The zero-order valence-corrected chi connectivity index (χ0v) is 15.3. The number of aromatic carboxylic acids is 1. The van der Waals surface area contributed by atoms with Crippen LogP contribution >= 0.6 is 0 Å². The predicted molar refractivity (Wildman–Crippen MR) is 105 cm³/mol. The molecule has 1 aliphatic rings. The monoisotopic (exact) mass is 376 g/mol. The Hall–Kier alpha value is -3.45. The number of nitrogens with zero attached hydrogens (tertiary/aromatic N) is 3. The topological polar surface area (TPSA) is 101 Å². The van der Waals surface area contributed by atoms with E-state index in [1.807, 2.05) is 37.3 Å². The number of hydrogen-bond donors (Lipinski definition) is 2. The van der Waals surface area contributed by atoms with Crippen molar-refractivity contribution >= 4 is 17.7 Å². The summed E-state index contributed by atoms with van der Waals surface area (Å²) in [5.41, 5.74) is 8.54. The van der Waals surface area contributed by atoms with Crippen molar-refractivity contribution < 1.29 is 14.7 Å². The van der Waals surface area contributed by atoms with E-state index in [4.69, 9.17) is 5.73 Å². The number of carboxylic acid groups (broad SMARTS) is 1. The van der Waals surface area contributed by atoms with E-state index in [2.05, 4.69) is 5.10 Å². The lowest BCUT2D eigenvalue weighted by molar-refractivity contribution is -0.120. The smallest absolute Gasteiger partial charge is 0.335 e. The molecule has 142 valence electrons. The molecule has 2 heterocycles. The largest absolute Gasteiger partial charge is 0.478 e. The van der Waals surface area contributed by atoms with Gasteiger partial charge in [-0.3, -0.25) is 9.69 Å². The van der Waals surface area contributed by atoms with E-state index in [0.717, 1.165) is 11.3 Å². The Morgan fingerprint density at radius 2 is 1.79 bits per heavy atom. The van der Waals surface area contributed by atoms with Gasteiger partial charge >= 0.3 is 5.97 Å². The first kappa shape index (κ1) is 17.9. The minimum atomic E-state index is -1.05. The molecule has 0 saturated heterocycles. The van der Waals surface area contributed by atoms with Gasteiger partial charge in [0.1, 0.15) is 5.82 Å². The molecule has 0 spiro atoms. The van der Waals surface area contributed by atoms with E-state index >= 15 is 0 Å². The molecule has 2 atom stereocenters. The predicted octanol–water partition coefficient (Wildman–Crippen LogP) is 2.40. The van der Waals surface area contributed by atoms with Crippen molar-refractivity contribution in [2.75, 3.05) is 11.4 Å². The van der Waals surface area contributed by atoms with E-state index in [-0.39, 0.29) is 11.5 Å². The molecule has 3 N–H and O–H groups in total. The van der Waals surface area contributed by atoms with Crippen molar-refractivity contribution in [1.82, 2.24) is 9.78 Å². The molecule has 4 rings (SSSR count). The molecule has 28 heavy (non-hydrogen) atoms. The van der Waals surface area contributed by atoms with Crippen molar-refractivity contribution in [3.63, 3.8) is 0 Å². The Kier molecular flexibility index (Phi) is 4.44. The highest BCUT2D eigenvalue weighted by Crippen LogP contribution is 2.41. The summed E-state index contributed by atoms with van der Waals surface area (Å²) < 4.78 is 1.71. The summed E-state index contributed by atoms with van der Waals surface area (Å²) in [4.78, 5) is 26.4. The minimum absolute atomic E-state index is 0.138. The molecule has 3 aromatic rings. The number of hydrogen-bond acceptors (Lipinski definition) is 4. The van der Waals surface area contributed by atoms with Crippen molar-refractivity contribution in [3.8, 4) is 5.69 Å². The van der Waals surface area contributed by atoms with Crippen LogP contribution in [0.25, 0.3) is 5.69 Å². The summed E-state index contributed by atoms with van der Waals surface area (Å²) in [6.45, 7) is 2.31. The molecule has 0 saturated carbocycles. The van der Waals surface area contributed by atoms with Crippen LogP contribution < -0.4 is 10.6 Å². The van der Waals surface area contributed by atoms with Crippen LogP contribution in [0.3, 0.4) is 0 Å². The fraction of sp³-hybridized carbons (Fsp3) is 0.190. The second-order valence-electron chi connectivity index (χ2n) is 6.65. The Balaban J connectivity index is 1.96. The van der Waals surface area contributed by atoms with Crippen LogP contribution in [0.2, 0.25) is 0 Å². The number of rotatable bonds is 4. The number of carboxylic acids is 1. The van der Waals surface area contributed by atoms with Gasteiger partial charge in [0.2, 0.25) is 5.91 Å². The van der Waals surface area contributed by atoms with Gasteiger partial charge in [0.05, 0.1) is 23.5 Å². The zero-order chi connectivity index (χ0) is 19.8. The Morgan fingerprint density at radius 3 is 2.46 bits per heavy atom. The molecule has 0 aliphatic carbocycles. The van der Waals surface area contributed by atoms with Gasteiger partial charge in [-0.2, -0.15) is 5.10 Å². The molecule has 0 radical (unpaired) electrons. The molecule has 7 heteroatoms. The number of aromatic nitrogens is 2. The van der Waals surface area contributed by atoms with Crippen LogP contribution in [0.5, 0.6) is 0 Å². The Morgan fingerprint density at radius 1 is 1.11 bits per heavy atom. The molecule has 2 aromatic carbocycles. The molecule has 0 fully saturated rings. The SMILES string of the molecule is CCN1C(=O)[C@@H](N)[C@H](c2ccccc2C(=O)O)c2cnn(-c3ccccc3)c21. The van der Waals surface area contributed by atoms with Crippen LogP contribution in [0.4, 0.5) is 5.82 Å². The normalized spacial score (nSPS) is 18.8. The first-order valence-electron chi connectivity index (χ1n) is 9.07. The summed E-state index contributed by atoms with van der Waals surface area (Å²) >= 11 is 0. The van der Waals surface area contributed by atoms with Crippen molar-refractivity contribution in [3.05, 3.63) is 77.5 Å². The van der Waals surface area contributed by atoms with Crippen LogP contribution in [0, 0.1) is 0 Å². The highest BCUT2D eigenvalue weighted by atomic mass is 16.4. The first-order chi connectivity index (χ1) is 13.5. The third-order valence-electron chi connectivity index (χ3n) is 5.12. The van der Waals surface area contributed by atoms with E-state index < -0.39 is 17.9 Å². The van der Waals surface area contributed by atoms with Gasteiger partial charge in [-0.1, -0.05) is 36.4 Å². The lowest BCUT2D eigenvalue weighted by Gasteiger charge is -2.36. The number of para-hydroxylation sites is 1. The van der Waals surface area contributed by atoms with Gasteiger partial charge in [-0.25, -0.2) is 9.48 Å². The number of carbonyl (C=O) groups excluding carboxylic acids is 1. The Labute approximate surface area is 162 Å². The number of nitrogens with two attached hydrogens (primary N) is 1. The van der Waals surface area contributed by atoms with Crippen molar-refractivity contribution in [2.45, 2.75) is 18.9 Å². The number of benzene rings is 2. The van der Waals surface area contributed by atoms with Gasteiger partial charge in [0.15, 0.2) is 0 Å². The summed E-state index contributed by atoms with van der Waals surface area (Å²) in [6.07, 6.45) is 1.68. The van der Waals surface area contributed by atoms with E-state index in [1.54, 1.807) is 34.0 Å². The van der Waals surface area contributed by atoms with E-state index in [1.165, 1.54) is 6.07 Å². The summed E-state index contributed by atoms with van der Waals surface area (Å²) in [5.74, 6) is -1.26. The van der Waals surface area contributed by atoms with Gasteiger partial charge in [-0.15, -0.1) is 0 Å². The fourth-order valence-corrected chi connectivity index (χ4v) is 3.85.